The Morgan fingerprint density at radius 3 is 2.33 bits per heavy atom. The molecule has 1 fully saturated rings. The van der Waals surface area contributed by atoms with Crippen molar-refractivity contribution in [3.8, 4) is 11.5 Å². The highest BCUT2D eigenvalue weighted by atomic mass is 16.5. The summed E-state index contributed by atoms with van der Waals surface area (Å²) in [6, 6.07) is 13.1. The third-order valence-corrected chi connectivity index (χ3v) is 5.33. The van der Waals surface area contributed by atoms with E-state index in [1.807, 2.05) is 31.2 Å². The summed E-state index contributed by atoms with van der Waals surface area (Å²) in [6.07, 6.45) is 1.47. The molecular weight excluding hydrogens is 382 g/mol. The average molecular weight is 412 g/mol. The Balaban J connectivity index is 1.46. The molecular formula is C23H29N3O4. The first kappa shape index (κ1) is 21.6. The van der Waals surface area contributed by atoms with Crippen molar-refractivity contribution in [2.75, 3.05) is 44.5 Å². The molecule has 0 unspecified atom stereocenters. The lowest BCUT2D eigenvalue weighted by Gasteiger charge is -2.30. The molecule has 1 heterocycles. The number of benzene rings is 2. The number of ether oxygens (including phenoxy) is 2. The Kier molecular flexibility index (Phi) is 7.30. The van der Waals surface area contributed by atoms with Crippen LogP contribution in [-0.4, -0.2) is 50.6 Å². The van der Waals surface area contributed by atoms with Gasteiger partial charge in [0.2, 0.25) is 11.8 Å². The predicted molar refractivity (Wildman–Crippen MR) is 117 cm³/mol. The molecule has 2 aromatic rings. The summed E-state index contributed by atoms with van der Waals surface area (Å²) < 4.78 is 10.5. The number of amides is 2. The van der Waals surface area contributed by atoms with Gasteiger partial charge in [-0.1, -0.05) is 17.7 Å². The van der Waals surface area contributed by atoms with Crippen molar-refractivity contribution in [2.24, 2.45) is 5.92 Å². The minimum atomic E-state index is -0.110. The van der Waals surface area contributed by atoms with Gasteiger partial charge in [-0.3, -0.25) is 14.5 Å². The number of aryl methyl sites for hydroxylation is 1. The molecule has 7 nitrogen and oxygen atoms in total. The van der Waals surface area contributed by atoms with E-state index in [-0.39, 0.29) is 24.3 Å². The van der Waals surface area contributed by atoms with Gasteiger partial charge in [-0.2, -0.15) is 0 Å². The fourth-order valence-corrected chi connectivity index (χ4v) is 3.53. The number of hydrogen-bond acceptors (Lipinski definition) is 5. The maximum atomic E-state index is 12.5. The van der Waals surface area contributed by atoms with Gasteiger partial charge in [-0.25, -0.2) is 0 Å². The molecule has 7 heteroatoms. The van der Waals surface area contributed by atoms with Gasteiger partial charge in [0.15, 0.2) is 0 Å². The first-order valence-corrected chi connectivity index (χ1v) is 10.1. The number of nitrogens with one attached hydrogen (secondary N) is 2. The van der Waals surface area contributed by atoms with Crippen LogP contribution in [0.4, 0.5) is 11.4 Å². The van der Waals surface area contributed by atoms with Gasteiger partial charge in [0.05, 0.1) is 26.5 Å². The lowest BCUT2D eigenvalue weighted by molar-refractivity contribution is -0.121. The largest absolute Gasteiger partial charge is 0.497 e. The van der Waals surface area contributed by atoms with E-state index < -0.39 is 0 Å². The number of likely N-dealkylation sites (tertiary alicyclic amines) is 1. The zero-order valence-electron chi connectivity index (χ0n) is 17.7. The van der Waals surface area contributed by atoms with E-state index in [1.165, 1.54) is 0 Å². The van der Waals surface area contributed by atoms with E-state index in [0.29, 0.717) is 30.3 Å². The van der Waals surface area contributed by atoms with Crippen LogP contribution in [0.15, 0.2) is 42.5 Å². The SMILES string of the molecule is COc1ccc(NC(=O)CN2CCC(C(=O)Nc3ccc(C)cc3)CC2)c(OC)c1. The van der Waals surface area contributed by atoms with Crippen LogP contribution in [0.1, 0.15) is 18.4 Å². The third kappa shape index (κ3) is 5.73. The maximum Gasteiger partial charge on any atom is 0.238 e. The first-order valence-electron chi connectivity index (χ1n) is 10.1. The standard InChI is InChI=1S/C23H29N3O4/c1-16-4-6-18(7-5-16)24-23(28)17-10-12-26(13-11-17)15-22(27)25-20-9-8-19(29-2)14-21(20)30-3/h4-9,14,17H,10-13,15H2,1-3H3,(H,24,28)(H,25,27). The number of methoxy groups -OCH3 is 2. The highest BCUT2D eigenvalue weighted by molar-refractivity contribution is 5.94. The maximum absolute atomic E-state index is 12.5. The van der Waals surface area contributed by atoms with Gasteiger partial charge >= 0.3 is 0 Å². The fraction of sp³-hybridized carbons (Fsp3) is 0.391. The van der Waals surface area contributed by atoms with Gasteiger partial charge in [0.1, 0.15) is 11.5 Å². The Morgan fingerprint density at radius 2 is 1.70 bits per heavy atom. The molecule has 0 atom stereocenters. The Bertz CT molecular complexity index is 875. The van der Waals surface area contributed by atoms with Gasteiger partial charge in [-0.15, -0.1) is 0 Å². The van der Waals surface area contributed by atoms with Crippen LogP contribution in [0.5, 0.6) is 11.5 Å². The smallest absolute Gasteiger partial charge is 0.238 e. The van der Waals surface area contributed by atoms with Crippen molar-refractivity contribution in [1.29, 1.82) is 0 Å². The molecule has 2 aromatic carbocycles. The van der Waals surface area contributed by atoms with E-state index in [4.69, 9.17) is 9.47 Å². The third-order valence-electron chi connectivity index (χ3n) is 5.33. The van der Waals surface area contributed by atoms with Gasteiger partial charge in [-0.05, 0) is 57.1 Å². The van der Waals surface area contributed by atoms with Crippen molar-refractivity contribution < 1.29 is 19.1 Å². The van der Waals surface area contributed by atoms with Crippen molar-refractivity contribution in [2.45, 2.75) is 19.8 Å². The monoisotopic (exact) mass is 411 g/mol. The molecule has 2 amide bonds. The second kappa shape index (κ2) is 10.1. The summed E-state index contributed by atoms with van der Waals surface area (Å²) in [7, 11) is 3.13. The Labute approximate surface area is 177 Å². The number of rotatable bonds is 7. The molecule has 0 bridgehead atoms. The van der Waals surface area contributed by atoms with Crippen molar-refractivity contribution >= 4 is 23.2 Å². The lowest BCUT2D eigenvalue weighted by atomic mass is 9.95. The van der Waals surface area contributed by atoms with E-state index in [2.05, 4.69) is 15.5 Å². The van der Waals surface area contributed by atoms with Crippen molar-refractivity contribution in [3.63, 3.8) is 0 Å². The molecule has 2 N–H and O–H groups in total. The van der Waals surface area contributed by atoms with Crippen LogP contribution >= 0.6 is 0 Å². The first-order chi connectivity index (χ1) is 14.5. The van der Waals surface area contributed by atoms with Gasteiger partial charge in [0.25, 0.3) is 0 Å². The molecule has 30 heavy (non-hydrogen) atoms. The molecule has 160 valence electrons. The number of hydrogen-bond donors (Lipinski definition) is 2. The number of piperidine rings is 1. The van der Waals surface area contributed by atoms with Crippen LogP contribution in [0.3, 0.4) is 0 Å². The molecule has 0 saturated carbocycles. The summed E-state index contributed by atoms with van der Waals surface area (Å²) in [5.41, 5.74) is 2.59. The molecule has 1 aliphatic heterocycles. The second-order valence-electron chi connectivity index (χ2n) is 7.52. The number of nitrogens with zero attached hydrogens (tertiary/aromatic N) is 1. The Morgan fingerprint density at radius 1 is 1.00 bits per heavy atom. The minimum absolute atomic E-state index is 0.0349. The van der Waals surface area contributed by atoms with Crippen LogP contribution in [0.25, 0.3) is 0 Å². The van der Waals surface area contributed by atoms with Gasteiger partial charge in [0, 0.05) is 17.7 Å². The summed E-state index contributed by atoms with van der Waals surface area (Å²) in [6.45, 7) is 3.71. The summed E-state index contributed by atoms with van der Waals surface area (Å²) in [5, 5.41) is 5.88. The van der Waals surface area contributed by atoms with E-state index in [0.717, 1.165) is 24.1 Å². The molecule has 0 radical (unpaired) electrons. The molecule has 0 aliphatic carbocycles. The fourth-order valence-electron chi connectivity index (χ4n) is 3.53. The molecule has 1 saturated heterocycles. The second-order valence-corrected chi connectivity index (χ2v) is 7.52. The summed E-state index contributed by atoms with van der Waals surface area (Å²) >= 11 is 0. The number of carbonyl (C=O) groups is 2. The average Bonchev–Trinajstić information content (AvgIpc) is 2.76. The van der Waals surface area contributed by atoms with E-state index in [1.54, 1.807) is 32.4 Å². The number of carbonyl (C=O) groups excluding carboxylic acids is 2. The quantitative estimate of drug-likeness (QED) is 0.731. The molecule has 3 rings (SSSR count). The summed E-state index contributed by atoms with van der Waals surface area (Å²) in [4.78, 5) is 27.1. The Hall–Kier alpha value is -3.06. The zero-order valence-corrected chi connectivity index (χ0v) is 17.7. The van der Waals surface area contributed by atoms with Crippen LogP contribution in [0, 0.1) is 12.8 Å². The van der Waals surface area contributed by atoms with E-state index in [9.17, 15) is 9.59 Å². The molecule has 1 aliphatic rings. The van der Waals surface area contributed by atoms with Crippen LogP contribution < -0.4 is 20.1 Å². The topological polar surface area (TPSA) is 79.9 Å². The van der Waals surface area contributed by atoms with Crippen molar-refractivity contribution in [3.05, 3.63) is 48.0 Å². The minimum Gasteiger partial charge on any atom is -0.497 e. The lowest BCUT2D eigenvalue weighted by Crippen LogP contribution is -2.41. The normalized spacial score (nSPS) is 14.8. The molecule has 0 aromatic heterocycles. The summed E-state index contributed by atoms with van der Waals surface area (Å²) in [5.74, 6) is 1.12. The van der Waals surface area contributed by atoms with Crippen LogP contribution in [0.2, 0.25) is 0 Å². The van der Waals surface area contributed by atoms with Crippen molar-refractivity contribution in [1.82, 2.24) is 4.90 Å². The highest BCUT2D eigenvalue weighted by Gasteiger charge is 2.26. The van der Waals surface area contributed by atoms with Crippen LogP contribution in [-0.2, 0) is 9.59 Å². The number of anilines is 2. The predicted octanol–water partition coefficient (Wildman–Crippen LogP) is 3.30. The molecule has 0 spiro atoms. The van der Waals surface area contributed by atoms with Gasteiger partial charge < -0.3 is 20.1 Å². The highest BCUT2D eigenvalue weighted by Crippen LogP contribution is 2.29. The van der Waals surface area contributed by atoms with E-state index >= 15 is 0 Å². The zero-order chi connectivity index (χ0) is 21.5.